The molecule has 0 unspecified atom stereocenters. The van der Waals surface area contributed by atoms with Gasteiger partial charge in [-0.05, 0) is 19.1 Å². The number of nitro groups is 1. The lowest BCUT2D eigenvalue weighted by atomic mass is 10.2. The number of para-hydroxylation sites is 1. The van der Waals surface area contributed by atoms with Crippen LogP contribution in [0.15, 0.2) is 30.4 Å². The van der Waals surface area contributed by atoms with Crippen LogP contribution in [0.25, 0.3) is 0 Å². The normalized spacial score (nSPS) is 10.1. The van der Waals surface area contributed by atoms with Crippen molar-refractivity contribution in [2.75, 3.05) is 25.1 Å². The fraction of sp³-hybridized carbons (Fsp3) is 0.333. The lowest BCUT2D eigenvalue weighted by Crippen LogP contribution is -2.11. The van der Waals surface area contributed by atoms with E-state index in [2.05, 4.69) is 11.9 Å². The number of ether oxygens (including phenoxy) is 1. The maximum Gasteiger partial charge on any atom is 0.310 e. The molecule has 0 spiro atoms. The van der Waals surface area contributed by atoms with Crippen LogP contribution >= 0.6 is 11.6 Å². The smallest absolute Gasteiger partial charge is 0.310 e. The molecule has 1 N–H and O–H groups in total. The van der Waals surface area contributed by atoms with E-state index in [9.17, 15) is 10.1 Å². The molecule has 0 saturated carbocycles. The van der Waals surface area contributed by atoms with E-state index >= 15 is 0 Å². The number of hydrogen-bond acceptors (Lipinski definition) is 4. The van der Waals surface area contributed by atoms with Crippen LogP contribution in [0.5, 0.6) is 0 Å². The molecule has 0 atom stereocenters. The topological polar surface area (TPSA) is 64.4 Å². The van der Waals surface area contributed by atoms with Crippen LogP contribution in [0.2, 0.25) is 5.02 Å². The third kappa shape index (κ3) is 4.35. The molecular formula is C12H15ClN2O3. The summed E-state index contributed by atoms with van der Waals surface area (Å²) in [7, 11) is 0. The Hall–Kier alpha value is -1.59. The van der Waals surface area contributed by atoms with Crippen LogP contribution in [0.1, 0.15) is 6.92 Å². The fourth-order valence-corrected chi connectivity index (χ4v) is 1.59. The van der Waals surface area contributed by atoms with Crippen LogP contribution in [0, 0.1) is 10.1 Å². The molecule has 0 aromatic heterocycles. The Bertz CT molecular complexity index is 449. The summed E-state index contributed by atoms with van der Waals surface area (Å²) in [6.45, 7) is 6.97. The van der Waals surface area contributed by atoms with Crippen molar-refractivity contribution in [3.05, 3.63) is 45.5 Å². The number of nitrogens with one attached hydrogen (secondary N) is 1. The first-order chi connectivity index (χ1) is 8.52. The summed E-state index contributed by atoms with van der Waals surface area (Å²) >= 11 is 5.78. The van der Waals surface area contributed by atoms with Crippen LogP contribution in [-0.4, -0.2) is 24.7 Å². The fourth-order valence-electron chi connectivity index (χ4n) is 1.35. The number of nitro benzene ring substituents is 1. The minimum atomic E-state index is -0.501. The summed E-state index contributed by atoms with van der Waals surface area (Å²) in [4.78, 5) is 10.4. The van der Waals surface area contributed by atoms with Gasteiger partial charge in [-0.2, -0.15) is 0 Å². The molecule has 6 heteroatoms. The largest absolute Gasteiger partial charge is 0.377 e. The van der Waals surface area contributed by atoms with E-state index in [4.69, 9.17) is 16.3 Å². The van der Waals surface area contributed by atoms with Crippen LogP contribution in [0.3, 0.4) is 0 Å². The van der Waals surface area contributed by atoms with Gasteiger partial charge >= 0.3 is 5.69 Å². The van der Waals surface area contributed by atoms with Gasteiger partial charge in [0.1, 0.15) is 10.7 Å². The summed E-state index contributed by atoms with van der Waals surface area (Å²) < 4.78 is 5.28. The highest BCUT2D eigenvalue weighted by molar-refractivity contribution is 6.33. The monoisotopic (exact) mass is 270 g/mol. The highest BCUT2D eigenvalue weighted by Crippen LogP contribution is 2.31. The minimum Gasteiger partial charge on any atom is -0.377 e. The molecule has 18 heavy (non-hydrogen) atoms. The summed E-state index contributed by atoms with van der Waals surface area (Å²) in [5.41, 5.74) is 1.22. The molecule has 0 bridgehead atoms. The minimum absolute atomic E-state index is 0.112. The first-order valence-corrected chi connectivity index (χ1v) is 5.79. The van der Waals surface area contributed by atoms with E-state index in [-0.39, 0.29) is 10.7 Å². The standard InChI is InChI=1S/C12H15ClN2O3/c1-9(2)8-18-7-6-14-11-5-3-4-10(13)12(11)15(16)17/h3-5,14H,1,6-8H2,2H3. The summed E-state index contributed by atoms with van der Waals surface area (Å²) in [6, 6.07) is 4.76. The molecule has 5 nitrogen and oxygen atoms in total. The first kappa shape index (κ1) is 14.5. The van der Waals surface area contributed by atoms with Crippen molar-refractivity contribution in [2.24, 2.45) is 0 Å². The average Bonchev–Trinajstić information content (AvgIpc) is 2.27. The molecular weight excluding hydrogens is 256 g/mol. The van der Waals surface area contributed by atoms with Crippen LogP contribution < -0.4 is 5.32 Å². The van der Waals surface area contributed by atoms with Crippen molar-refractivity contribution in [3.8, 4) is 0 Å². The van der Waals surface area contributed by atoms with Gasteiger partial charge in [-0.25, -0.2) is 0 Å². The first-order valence-electron chi connectivity index (χ1n) is 5.41. The lowest BCUT2D eigenvalue weighted by molar-refractivity contribution is -0.383. The van der Waals surface area contributed by atoms with Crippen LogP contribution in [0.4, 0.5) is 11.4 Å². The lowest BCUT2D eigenvalue weighted by Gasteiger charge is -2.08. The van der Waals surface area contributed by atoms with E-state index in [0.29, 0.717) is 25.4 Å². The van der Waals surface area contributed by atoms with E-state index in [1.165, 1.54) is 6.07 Å². The number of nitrogens with zero attached hydrogens (tertiary/aromatic N) is 1. The van der Waals surface area contributed by atoms with Crippen molar-refractivity contribution in [1.82, 2.24) is 0 Å². The molecule has 0 radical (unpaired) electrons. The third-order valence-corrected chi connectivity index (χ3v) is 2.38. The molecule has 1 aromatic rings. The zero-order valence-electron chi connectivity index (χ0n) is 10.1. The predicted octanol–water partition coefficient (Wildman–Crippen LogP) is 3.25. The second-order valence-electron chi connectivity index (χ2n) is 3.83. The van der Waals surface area contributed by atoms with Gasteiger partial charge < -0.3 is 10.1 Å². The Balaban J connectivity index is 2.54. The maximum atomic E-state index is 10.9. The highest BCUT2D eigenvalue weighted by Gasteiger charge is 2.17. The molecule has 1 rings (SSSR count). The number of halogens is 1. The predicted molar refractivity (Wildman–Crippen MR) is 72.2 cm³/mol. The second kappa shape index (κ2) is 6.98. The molecule has 1 aromatic carbocycles. The van der Waals surface area contributed by atoms with Crippen molar-refractivity contribution < 1.29 is 9.66 Å². The average molecular weight is 271 g/mol. The van der Waals surface area contributed by atoms with Gasteiger partial charge in [-0.15, -0.1) is 0 Å². The van der Waals surface area contributed by atoms with Gasteiger partial charge in [0, 0.05) is 6.54 Å². The SMILES string of the molecule is C=C(C)COCCNc1cccc(Cl)c1[N+](=O)[O-]. The van der Waals surface area contributed by atoms with E-state index in [1.54, 1.807) is 12.1 Å². The van der Waals surface area contributed by atoms with Gasteiger partial charge in [0.05, 0.1) is 18.1 Å². The molecule has 0 fully saturated rings. The van der Waals surface area contributed by atoms with Gasteiger partial charge in [-0.1, -0.05) is 29.8 Å². The van der Waals surface area contributed by atoms with Crippen LogP contribution in [-0.2, 0) is 4.74 Å². The van der Waals surface area contributed by atoms with Crippen molar-refractivity contribution in [1.29, 1.82) is 0 Å². The van der Waals surface area contributed by atoms with Crippen molar-refractivity contribution in [2.45, 2.75) is 6.92 Å². The molecule has 0 aliphatic carbocycles. The zero-order valence-corrected chi connectivity index (χ0v) is 10.9. The molecule has 0 aliphatic rings. The van der Waals surface area contributed by atoms with Gasteiger partial charge in [-0.3, -0.25) is 10.1 Å². The van der Waals surface area contributed by atoms with E-state index in [1.807, 2.05) is 6.92 Å². The van der Waals surface area contributed by atoms with Crippen molar-refractivity contribution >= 4 is 23.0 Å². The summed E-state index contributed by atoms with van der Waals surface area (Å²) in [6.07, 6.45) is 0. The summed E-state index contributed by atoms with van der Waals surface area (Å²) in [5, 5.41) is 13.9. The molecule has 0 aliphatic heterocycles. The Labute approximate surface area is 111 Å². The van der Waals surface area contributed by atoms with E-state index in [0.717, 1.165) is 5.57 Å². The Kier molecular flexibility index (Phi) is 5.61. The second-order valence-corrected chi connectivity index (χ2v) is 4.24. The van der Waals surface area contributed by atoms with Crippen molar-refractivity contribution in [3.63, 3.8) is 0 Å². The Morgan fingerprint density at radius 3 is 2.94 bits per heavy atom. The quantitative estimate of drug-likeness (QED) is 0.357. The van der Waals surface area contributed by atoms with Gasteiger partial charge in [0.15, 0.2) is 0 Å². The molecule has 0 saturated heterocycles. The number of hydrogen-bond donors (Lipinski definition) is 1. The Morgan fingerprint density at radius 2 is 2.33 bits per heavy atom. The molecule has 0 heterocycles. The van der Waals surface area contributed by atoms with Gasteiger partial charge in [0.25, 0.3) is 0 Å². The maximum absolute atomic E-state index is 10.9. The zero-order chi connectivity index (χ0) is 13.5. The Morgan fingerprint density at radius 1 is 1.61 bits per heavy atom. The summed E-state index contributed by atoms with van der Waals surface area (Å²) in [5.74, 6) is 0. The number of anilines is 1. The third-order valence-electron chi connectivity index (χ3n) is 2.08. The highest BCUT2D eigenvalue weighted by atomic mass is 35.5. The number of rotatable bonds is 7. The van der Waals surface area contributed by atoms with Gasteiger partial charge in [0.2, 0.25) is 0 Å². The number of benzene rings is 1. The molecule has 0 amide bonds. The molecule has 98 valence electrons. The van der Waals surface area contributed by atoms with E-state index < -0.39 is 4.92 Å².